The lowest BCUT2D eigenvalue weighted by Gasteiger charge is -2.31. The summed E-state index contributed by atoms with van der Waals surface area (Å²) in [6.07, 6.45) is 3.28. The van der Waals surface area contributed by atoms with Crippen molar-refractivity contribution in [2.24, 2.45) is 5.92 Å². The van der Waals surface area contributed by atoms with Crippen molar-refractivity contribution in [3.8, 4) is 0 Å². The maximum absolute atomic E-state index is 13.5. The number of carbonyl (C=O) groups excluding carboxylic acids is 2. The zero-order valence-corrected chi connectivity index (χ0v) is 21.1. The lowest BCUT2D eigenvalue weighted by Crippen LogP contribution is -2.43. The van der Waals surface area contributed by atoms with Crippen LogP contribution in [0.5, 0.6) is 0 Å². The number of hydrogen-bond acceptors (Lipinski definition) is 7. The van der Waals surface area contributed by atoms with Crippen LogP contribution in [0.3, 0.4) is 0 Å². The molecule has 1 fully saturated rings. The molecule has 1 N–H and O–H groups in total. The summed E-state index contributed by atoms with van der Waals surface area (Å²) < 4.78 is 13.7. The van der Waals surface area contributed by atoms with Crippen LogP contribution in [-0.2, 0) is 20.8 Å². The summed E-state index contributed by atoms with van der Waals surface area (Å²) in [7, 11) is 0. The van der Waals surface area contributed by atoms with Gasteiger partial charge in [0, 0.05) is 39.0 Å². The summed E-state index contributed by atoms with van der Waals surface area (Å²) in [5.74, 6) is -0.783. The Balaban J connectivity index is 1.76. The molecule has 1 saturated heterocycles. The molecule has 3 aromatic heterocycles. The molecule has 0 bridgehead atoms. The Morgan fingerprint density at radius 1 is 1.17 bits per heavy atom. The van der Waals surface area contributed by atoms with E-state index in [0.29, 0.717) is 70.0 Å². The van der Waals surface area contributed by atoms with E-state index in [0.717, 1.165) is 5.56 Å². The summed E-state index contributed by atoms with van der Waals surface area (Å²) in [5, 5.41) is 9.19. The van der Waals surface area contributed by atoms with Gasteiger partial charge in [-0.3, -0.25) is 24.2 Å². The van der Waals surface area contributed by atoms with Crippen molar-refractivity contribution in [3.63, 3.8) is 0 Å². The minimum absolute atomic E-state index is 0.0151. The van der Waals surface area contributed by atoms with E-state index in [1.54, 1.807) is 28.7 Å². The molecule has 0 radical (unpaired) electrons. The number of likely N-dealkylation sites (tertiary alicyclic amines) is 1. The van der Waals surface area contributed by atoms with Crippen LogP contribution in [0.2, 0.25) is 0 Å². The third-order valence-electron chi connectivity index (χ3n) is 6.64. The van der Waals surface area contributed by atoms with Crippen LogP contribution in [0.1, 0.15) is 49.0 Å². The van der Waals surface area contributed by atoms with Crippen LogP contribution < -0.4 is 11.0 Å². The Morgan fingerprint density at radius 3 is 2.61 bits per heavy atom. The highest BCUT2D eigenvalue weighted by molar-refractivity contribution is 5.97. The molecule has 4 rings (SSSR count). The molecule has 0 spiro atoms. The Bertz CT molecular complexity index is 1400. The SMILES string of the molecule is CCOCCCn1c(=N)c(C(=O)N2CCC(C(=O)OCC)CC2)cc2c(=O)n3cccc(C)c3nc21. The van der Waals surface area contributed by atoms with Crippen LogP contribution in [0.15, 0.2) is 29.2 Å². The second-order valence-corrected chi connectivity index (χ2v) is 8.97. The largest absolute Gasteiger partial charge is 0.466 e. The highest BCUT2D eigenvalue weighted by Crippen LogP contribution is 2.21. The Hall–Kier alpha value is -3.53. The van der Waals surface area contributed by atoms with Gasteiger partial charge in [-0.2, -0.15) is 0 Å². The molecular formula is C26H33N5O5. The molecule has 0 atom stereocenters. The van der Waals surface area contributed by atoms with Gasteiger partial charge in [-0.15, -0.1) is 0 Å². The number of hydrogen-bond donors (Lipinski definition) is 1. The van der Waals surface area contributed by atoms with E-state index in [1.807, 2.05) is 19.9 Å². The van der Waals surface area contributed by atoms with E-state index < -0.39 is 0 Å². The molecule has 1 aliphatic rings. The molecular weight excluding hydrogens is 462 g/mol. The average Bonchev–Trinajstić information content (AvgIpc) is 2.88. The minimum Gasteiger partial charge on any atom is -0.466 e. The molecule has 1 amide bonds. The van der Waals surface area contributed by atoms with Crippen molar-refractivity contribution in [2.75, 3.05) is 32.9 Å². The van der Waals surface area contributed by atoms with Crippen LogP contribution in [0, 0.1) is 18.3 Å². The first-order chi connectivity index (χ1) is 17.4. The van der Waals surface area contributed by atoms with Crippen molar-refractivity contribution in [2.45, 2.75) is 46.6 Å². The number of amides is 1. The summed E-state index contributed by atoms with van der Waals surface area (Å²) in [4.78, 5) is 45.5. The maximum Gasteiger partial charge on any atom is 0.309 e. The molecule has 36 heavy (non-hydrogen) atoms. The number of aryl methyl sites for hydroxylation is 2. The lowest BCUT2D eigenvalue weighted by molar-refractivity contribution is -0.149. The standard InChI is InChI=1S/C26H33N5O5/c1-4-35-15-7-12-30-21(27)19(24(32)29-13-9-18(10-14-29)26(34)36-5-2)16-20-23(30)28-22-17(3)8-6-11-31(22)25(20)33/h6,8,11,16,18,27H,4-5,7,9-10,12-15H2,1-3H3. The van der Waals surface area contributed by atoms with Crippen LogP contribution in [0.25, 0.3) is 16.7 Å². The molecule has 0 saturated carbocycles. The molecule has 0 aromatic carbocycles. The van der Waals surface area contributed by atoms with Gasteiger partial charge in [-0.05, 0) is 57.7 Å². The van der Waals surface area contributed by atoms with E-state index in [1.165, 1.54) is 10.5 Å². The fraction of sp³-hybridized carbons (Fsp3) is 0.500. The van der Waals surface area contributed by atoms with Gasteiger partial charge >= 0.3 is 5.97 Å². The minimum atomic E-state index is -0.323. The molecule has 10 nitrogen and oxygen atoms in total. The average molecular weight is 496 g/mol. The van der Waals surface area contributed by atoms with Gasteiger partial charge in [0.15, 0.2) is 0 Å². The third kappa shape index (κ3) is 4.90. The van der Waals surface area contributed by atoms with Crippen LogP contribution in [0.4, 0.5) is 0 Å². The number of pyridine rings is 2. The van der Waals surface area contributed by atoms with Crippen molar-refractivity contribution >= 4 is 28.6 Å². The predicted octanol–water partition coefficient (Wildman–Crippen LogP) is 2.28. The number of piperidine rings is 1. The van der Waals surface area contributed by atoms with Crippen LogP contribution >= 0.6 is 0 Å². The monoisotopic (exact) mass is 495 g/mol. The molecule has 0 unspecified atom stereocenters. The first-order valence-electron chi connectivity index (χ1n) is 12.5. The molecule has 10 heteroatoms. The number of rotatable bonds is 8. The fourth-order valence-corrected chi connectivity index (χ4v) is 4.70. The van der Waals surface area contributed by atoms with E-state index in [2.05, 4.69) is 0 Å². The second kappa shape index (κ2) is 11.0. The van der Waals surface area contributed by atoms with E-state index >= 15 is 0 Å². The van der Waals surface area contributed by atoms with Gasteiger partial charge in [-0.25, -0.2) is 4.98 Å². The van der Waals surface area contributed by atoms with Crippen molar-refractivity contribution < 1.29 is 19.1 Å². The first kappa shape index (κ1) is 25.6. The van der Waals surface area contributed by atoms with Gasteiger partial charge in [0.25, 0.3) is 11.5 Å². The van der Waals surface area contributed by atoms with Gasteiger partial charge in [0.1, 0.15) is 16.8 Å². The van der Waals surface area contributed by atoms with Gasteiger partial charge in [0.2, 0.25) is 0 Å². The zero-order valence-electron chi connectivity index (χ0n) is 21.1. The number of ether oxygens (including phenoxy) is 2. The quantitative estimate of drug-likeness (QED) is 0.291. The lowest BCUT2D eigenvalue weighted by atomic mass is 9.96. The molecule has 0 aliphatic carbocycles. The zero-order chi connectivity index (χ0) is 25.8. The predicted molar refractivity (Wildman–Crippen MR) is 134 cm³/mol. The number of nitrogens with one attached hydrogen (secondary N) is 1. The van der Waals surface area contributed by atoms with Gasteiger partial charge in [0.05, 0.1) is 23.5 Å². The van der Waals surface area contributed by atoms with Crippen molar-refractivity contribution in [1.29, 1.82) is 5.41 Å². The van der Waals surface area contributed by atoms with E-state index in [4.69, 9.17) is 19.9 Å². The number of fused-ring (bicyclic) bond motifs is 2. The molecule has 192 valence electrons. The van der Waals surface area contributed by atoms with Crippen molar-refractivity contribution in [3.05, 3.63) is 51.4 Å². The molecule has 3 aromatic rings. The number of esters is 1. The Kier molecular flexibility index (Phi) is 7.83. The second-order valence-electron chi connectivity index (χ2n) is 8.97. The van der Waals surface area contributed by atoms with Gasteiger partial charge in [-0.1, -0.05) is 6.07 Å². The normalized spacial score (nSPS) is 14.5. The topological polar surface area (TPSA) is 119 Å². The molecule has 4 heterocycles. The van der Waals surface area contributed by atoms with E-state index in [-0.39, 0.29) is 39.8 Å². The highest BCUT2D eigenvalue weighted by atomic mass is 16.5. The smallest absolute Gasteiger partial charge is 0.309 e. The molecule has 1 aliphatic heterocycles. The summed E-state index contributed by atoms with van der Waals surface area (Å²) in [6, 6.07) is 5.17. The Labute approximate surface area is 209 Å². The Morgan fingerprint density at radius 2 is 1.92 bits per heavy atom. The number of aromatic nitrogens is 3. The highest BCUT2D eigenvalue weighted by Gasteiger charge is 2.30. The first-order valence-corrected chi connectivity index (χ1v) is 12.5. The summed E-state index contributed by atoms with van der Waals surface area (Å²) in [6.45, 7) is 8.15. The number of carbonyl (C=O) groups is 2. The fourth-order valence-electron chi connectivity index (χ4n) is 4.70. The third-order valence-corrected chi connectivity index (χ3v) is 6.64. The maximum atomic E-state index is 13.5. The summed E-state index contributed by atoms with van der Waals surface area (Å²) in [5.41, 5.74) is 1.63. The number of nitrogens with zero attached hydrogens (tertiary/aromatic N) is 4. The van der Waals surface area contributed by atoms with E-state index in [9.17, 15) is 14.4 Å². The van der Waals surface area contributed by atoms with Gasteiger partial charge < -0.3 is 18.9 Å². The van der Waals surface area contributed by atoms with Crippen LogP contribution in [-0.4, -0.2) is 63.6 Å². The summed E-state index contributed by atoms with van der Waals surface area (Å²) >= 11 is 0. The van der Waals surface area contributed by atoms with Crippen molar-refractivity contribution in [1.82, 2.24) is 18.9 Å².